The summed E-state index contributed by atoms with van der Waals surface area (Å²) in [4.78, 5) is 24.5. The van der Waals surface area contributed by atoms with Crippen molar-refractivity contribution in [1.29, 1.82) is 0 Å². The Morgan fingerprint density at radius 2 is 1.76 bits per heavy atom. The molecule has 1 aromatic rings. The Balaban J connectivity index is 2.02. The zero-order valence-electron chi connectivity index (χ0n) is 15.5. The van der Waals surface area contributed by atoms with Gasteiger partial charge in [-0.1, -0.05) is 19.9 Å². The highest BCUT2D eigenvalue weighted by molar-refractivity contribution is 5.90. The lowest BCUT2D eigenvalue weighted by Gasteiger charge is -2.33. The zero-order valence-corrected chi connectivity index (χ0v) is 15.5. The van der Waals surface area contributed by atoms with Gasteiger partial charge in [0.1, 0.15) is 11.4 Å². The summed E-state index contributed by atoms with van der Waals surface area (Å²) in [5.74, 6) is -0.217. The summed E-state index contributed by atoms with van der Waals surface area (Å²) in [7, 11) is 0. The molecule has 1 aliphatic rings. The van der Waals surface area contributed by atoms with Crippen LogP contribution in [0.5, 0.6) is 5.75 Å². The highest BCUT2D eigenvalue weighted by atomic mass is 16.6. The summed E-state index contributed by atoms with van der Waals surface area (Å²) in [5.41, 5.74) is -0.637. The first-order chi connectivity index (χ1) is 11.8. The molecule has 0 atom stereocenters. The van der Waals surface area contributed by atoms with Crippen molar-refractivity contribution in [2.75, 3.05) is 0 Å². The Hall–Kier alpha value is -2.10. The van der Waals surface area contributed by atoms with E-state index in [9.17, 15) is 9.59 Å². The molecule has 0 aliphatic heterocycles. The number of ether oxygens (including phenoxy) is 2. The van der Waals surface area contributed by atoms with Crippen LogP contribution in [-0.4, -0.2) is 17.5 Å². The first-order valence-corrected chi connectivity index (χ1v) is 9.01. The van der Waals surface area contributed by atoms with Gasteiger partial charge in [-0.3, -0.25) is 4.79 Å². The molecule has 0 unspecified atom stereocenters. The Morgan fingerprint density at radius 3 is 2.28 bits per heavy atom. The highest BCUT2D eigenvalue weighted by Gasteiger charge is 2.33. The minimum absolute atomic E-state index is 0.279. The average Bonchev–Trinajstić information content (AvgIpc) is 2.63. The maximum Gasteiger partial charge on any atom is 0.338 e. The number of esters is 2. The van der Waals surface area contributed by atoms with E-state index in [-0.39, 0.29) is 11.9 Å². The van der Waals surface area contributed by atoms with Crippen molar-refractivity contribution < 1.29 is 19.1 Å². The van der Waals surface area contributed by atoms with Crippen LogP contribution in [0, 0.1) is 5.41 Å². The molecule has 136 valence electrons. The highest BCUT2D eigenvalue weighted by Crippen LogP contribution is 2.33. The van der Waals surface area contributed by atoms with Gasteiger partial charge in [0.15, 0.2) is 0 Å². The van der Waals surface area contributed by atoms with Crippen LogP contribution in [0.2, 0.25) is 0 Å². The minimum atomic E-state index is -0.550. The molecule has 1 aromatic carbocycles. The Morgan fingerprint density at radius 1 is 1.16 bits per heavy atom. The molecule has 0 amide bonds. The van der Waals surface area contributed by atoms with Crippen molar-refractivity contribution in [3.05, 3.63) is 42.5 Å². The standard InChI is InChI=1S/C21H28O4/c1-5-20(3,4)19(23)24-17-12-10-16(11-13-17)18(22)25-21(6-2)14-8-7-9-15-21/h6,10-13H,2,5,7-9,14-15H2,1,3-4H3. The van der Waals surface area contributed by atoms with Gasteiger partial charge in [-0.25, -0.2) is 4.79 Å². The maximum atomic E-state index is 12.4. The van der Waals surface area contributed by atoms with E-state index in [2.05, 4.69) is 6.58 Å². The van der Waals surface area contributed by atoms with Crippen molar-refractivity contribution in [3.8, 4) is 5.75 Å². The van der Waals surface area contributed by atoms with Gasteiger partial charge in [-0.2, -0.15) is 0 Å². The van der Waals surface area contributed by atoms with E-state index in [0.29, 0.717) is 17.7 Å². The van der Waals surface area contributed by atoms with Crippen molar-refractivity contribution in [1.82, 2.24) is 0 Å². The third-order valence-corrected chi connectivity index (χ3v) is 5.10. The topological polar surface area (TPSA) is 52.6 Å². The number of carbonyl (C=O) groups is 2. The molecule has 25 heavy (non-hydrogen) atoms. The van der Waals surface area contributed by atoms with E-state index in [1.807, 2.05) is 20.8 Å². The number of rotatable bonds is 6. The minimum Gasteiger partial charge on any atom is -0.451 e. The van der Waals surface area contributed by atoms with Gasteiger partial charge in [0.2, 0.25) is 0 Å². The van der Waals surface area contributed by atoms with Crippen LogP contribution >= 0.6 is 0 Å². The lowest BCUT2D eigenvalue weighted by atomic mass is 9.84. The fourth-order valence-corrected chi connectivity index (χ4v) is 2.79. The second-order valence-corrected chi connectivity index (χ2v) is 7.37. The molecule has 0 spiro atoms. The van der Waals surface area contributed by atoms with Crippen LogP contribution < -0.4 is 4.74 Å². The normalized spacial score (nSPS) is 16.8. The lowest BCUT2D eigenvalue weighted by molar-refractivity contribution is -0.144. The number of carbonyl (C=O) groups excluding carboxylic acids is 2. The van der Waals surface area contributed by atoms with Gasteiger partial charge in [-0.15, -0.1) is 0 Å². The third kappa shape index (κ3) is 4.71. The SMILES string of the molecule is C=CC1(OC(=O)c2ccc(OC(=O)C(C)(C)CC)cc2)CCCCC1. The zero-order chi connectivity index (χ0) is 18.5. The second kappa shape index (κ2) is 7.85. The summed E-state index contributed by atoms with van der Waals surface area (Å²) < 4.78 is 11.1. The molecule has 1 aliphatic carbocycles. The molecule has 2 rings (SSSR count). The van der Waals surface area contributed by atoms with Crippen molar-refractivity contribution >= 4 is 11.9 Å². The number of hydrogen-bond acceptors (Lipinski definition) is 4. The molecule has 1 fully saturated rings. The smallest absolute Gasteiger partial charge is 0.338 e. The third-order valence-electron chi connectivity index (χ3n) is 5.10. The van der Waals surface area contributed by atoms with Crippen LogP contribution in [0.3, 0.4) is 0 Å². The van der Waals surface area contributed by atoms with E-state index in [1.165, 1.54) is 6.42 Å². The average molecular weight is 344 g/mol. The molecule has 0 radical (unpaired) electrons. The first kappa shape index (κ1) is 19.2. The van der Waals surface area contributed by atoms with E-state index in [4.69, 9.17) is 9.47 Å². The second-order valence-electron chi connectivity index (χ2n) is 7.37. The van der Waals surface area contributed by atoms with Crippen LogP contribution in [-0.2, 0) is 9.53 Å². The Bertz CT molecular complexity index is 622. The monoisotopic (exact) mass is 344 g/mol. The molecule has 0 heterocycles. The molecule has 0 aromatic heterocycles. The fourth-order valence-electron chi connectivity index (χ4n) is 2.79. The molecular weight excluding hydrogens is 316 g/mol. The summed E-state index contributed by atoms with van der Waals surface area (Å²) >= 11 is 0. The summed E-state index contributed by atoms with van der Waals surface area (Å²) in [6.07, 6.45) is 7.35. The summed E-state index contributed by atoms with van der Waals surface area (Å²) in [6, 6.07) is 6.51. The first-order valence-electron chi connectivity index (χ1n) is 9.01. The largest absolute Gasteiger partial charge is 0.451 e. The van der Waals surface area contributed by atoms with E-state index in [0.717, 1.165) is 25.7 Å². The molecule has 0 bridgehead atoms. The molecule has 0 saturated heterocycles. The quantitative estimate of drug-likeness (QED) is 0.410. The van der Waals surface area contributed by atoms with E-state index >= 15 is 0 Å². The van der Waals surface area contributed by atoms with Gasteiger partial charge in [0.25, 0.3) is 0 Å². The van der Waals surface area contributed by atoms with Gasteiger partial charge >= 0.3 is 11.9 Å². The summed E-state index contributed by atoms with van der Waals surface area (Å²) in [5, 5.41) is 0. The van der Waals surface area contributed by atoms with Crippen molar-refractivity contribution in [2.45, 2.75) is 64.9 Å². The molecular formula is C21H28O4. The number of benzene rings is 1. The molecule has 4 heteroatoms. The lowest BCUT2D eigenvalue weighted by Crippen LogP contribution is -2.35. The van der Waals surface area contributed by atoms with Gasteiger partial charge < -0.3 is 9.47 Å². The molecule has 0 N–H and O–H groups in total. The van der Waals surface area contributed by atoms with E-state index < -0.39 is 11.0 Å². The Kier molecular flexibility index (Phi) is 6.04. The van der Waals surface area contributed by atoms with Gasteiger partial charge in [0.05, 0.1) is 11.0 Å². The molecule has 4 nitrogen and oxygen atoms in total. The number of hydrogen-bond donors (Lipinski definition) is 0. The maximum absolute atomic E-state index is 12.4. The Labute approximate surface area is 150 Å². The van der Waals surface area contributed by atoms with Crippen LogP contribution in [0.1, 0.15) is 69.7 Å². The van der Waals surface area contributed by atoms with Crippen molar-refractivity contribution in [3.63, 3.8) is 0 Å². The summed E-state index contributed by atoms with van der Waals surface area (Å²) in [6.45, 7) is 9.49. The van der Waals surface area contributed by atoms with Crippen LogP contribution in [0.4, 0.5) is 0 Å². The van der Waals surface area contributed by atoms with Crippen LogP contribution in [0.15, 0.2) is 36.9 Å². The van der Waals surface area contributed by atoms with Crippen molar-refractivity contribution in [2.24, 2.45) is 5.41 Å². The predicted octanol–water partition coefficient (Wildman–Crippen LogP) is 5.07. The van der Waals surface area contributed by atoms with E-state index in [1.54, 1.807) is 30.3 Å². The predicted molar refractivity (Wildman–Crippen MR) is 97.6 cm³/mol. The fraction of sp³-hybridized carbons (Fsp3) is 0.524. The van der Waals surface area contributed by atoms with Crippen LogP contribution in [0.25, 0.3) is 0 Å². The van der Waals surface area contributed by atoms with Gasteiger partial charge in [0, 0.05) is 0 Å². The van der Waals surface area contributed by atoms with Gasteiger partial charge in [-0.05, 0) is 76.3 Å². The molecule has 1 saturated carbocycles.